The van der Waals surface area contributed by atoms with Gasteiger partial charge in [0.25, 0.3) is 0 Å². The van der Waals surface area contributed by atoms with Crippen LogP contribution in [0.1, 0.15) is 25.8 Å². The van der Waals surface area contributed by atoms with Crippen LogP contribution in [0.4, 0.5) is 0 Å². The van der Waals surface area contributed by atoms with Gasteiger partial charge in [-0.3, -0.25) is 4.79 Å². The highest BCUT2D eigenvalue weighted by atomic mass is 35.5. The molecule has 0 saturated carbocycles. The van der Waals surface area contributed by atoms with Gasteiger partial charge in [-0.1, -0.05) is 6.07 Å². The number of ether oxygens (including phenoxy) is 2. The first kappa shape index (κ1) is 19.6. The maximum absolute atomic E-state index is 12.4. The van der Waals surface area contributed by atoms with Crippen molar-refractivity contribution in [2.45, 2.75) is 38.8 Å². The van der Waals surface area contributed by atoms with E-state index in [0.29, 0.717) is 30.4 Å². The summed E-state index contributed by atoms with van der Waals surface area (Å²) >= 11 is 0. The maximum Gasteiger partial charge on any atom is 0.223 e. The third-order valence-electron chi connectivity index (χ3n) is 4.43. The Labute approximate surface area is 144 Å². The molecule has 0 bridgehead atoms. The molecule has 1 N–H and O–H groups in total. The van der Waals surface area contributed by atoms with Crippen LogP contribution < -0.4 is 14.8 Å². The zero-order valence-corrected chi connectivity index (χ0v) is 15.1. The Kier molecular flexibility index (Phi) is 7.65. The van der Waals surface area contributed by atoms with Crippen molar-refractivity contribution >= 4 is 18.3 Å². The average Bonchev–Trinajstić information content (AvgIpc) is 2.54. The highest BCUT2D eigenvalue weighted by Gasteiger charge is 2.27. The molecule has 1 aliphatic heterocycles. The summed E-state index contributed by atoms with van der Waals surface area (Å²) in [4.78, 5) is 14.4. The highest BCUT2D eigenvalue weighted by Crippen LogP contribution is 2.28. The van der Waals surface area contributed by atoms with E-state index in [-0.39, 0.29) is 24.4 Å². The molecule has 2 unspecified atom stereocenters. The zero-order chi connectivity index (χ0) is 16.1. The molecule has 1 fully saturated rings. The summed E-state index contributed by atoms with van der Waals surface area (Å²) in [5, 5.41) is 3.39. The normalized spacial score (nSPS) is 20.6. The molecule has 0 spiro atoms. The smallest absolute Gasteiger partial charge is 0.223 e. The van der Waals surface area contributed by atoms with Crippen LogP contribution in [0.3, 0.4) is 0 Å². The molecule has 23 heavy (non-hydrogen) atoms. The molecule has 1 amide bonds. The number of benzene rings is 1. The molecule has 1 heterocycles. The molecule has 1 aliphatic rings. The van der Waals surface area contributed by atoms with Crippen molar-refractivity contribution in [3.63, 3.8) is 0 Å². The predicted molar refractivity (Wildman–Crippen MR) is 93.8 cm³/mol. The fraction of sp³-hybridized carbons (Fsp3) is 0.588. The van der Waals surface area contributed by atoms with E-state index in [2.05, 4.69) is 19.2 Å². The number of carbonyl (C=O) groups excluding carboxylic acids is 1. The second kappa shape index (κ2) is 8.99. The first-order valence-corrected chi connectivity index (χ1v) is 7.80. The van der Waals surface area contributed by atoms with Crippen molar-refractivity contribution in [1.29, 1.82) is 0 Å². The molecule has 1 saturated heterocycles. The number of amides is 1. The monoisotopic (exact) mass is 342 g/mol. The Bertz CT molecular complexity index is 525. The van der Waals surface area contributed by atoms with Gasteiger partial charge in [-0.25, -0.2) is 0 Å². The number of rotatable bonds is 5. The molecular weight excluding hydrogens is 316 g/mol. The Morgan fingerprint density at radius 2 is 1.96 bits per heavy atom. The Balaban J connectivity index is 0.00000264. The summed E-state index contributed by atoms with van der Waals surface area (Å²) in [7, 11) is 3.24. The van der Waals surface area contributed by atoms with Crippen LogP contribution in [0.5, 0.6) is 11.5 Å². The minimum absolute atomic E-state index is 0. The molecule has 6 heteroatoms. The molecule has 0 aliphatic carbocycles. The number of halogens is 1. The van der Waals surface area contributed by atoms with Gasteiger partial charge in [-0.05, 0) is 38.0 Å². The standard InChI is InChI=1S/C17H26N2O3.ClH/c1-12-13(2)19(10-9-18-12)17(20)8-6-14-5-7-15(21-3)16(11-14)22-4;/h5,7,11-13,18H,6,8-10H2,1-4H3;1H. The summed E-state index contributed by atoms with van der Waals surface area (Å²) in [6.45, 7) is 5.88. The number of hydrogen-bond donors (Lipinski definition) is 1. The first-order valence-electron chi connectivity index (χ1n) is 7.80. The fourth-order valence-corrected chi connectivity index (χ4v) is 2.84. The van der Waals surface area contributed by atoms with Gasteiger partial charge in [0.1, 0.15) is 0 Å². The van der Waals surface area contributed by atoms with Crippen molar-refractivity contribution in [3.05, 3.63) is 23.8 Å². The van der Waals surface area contributed by atoms with Gasteiger partial charge in [0.2, 0.25) is 5.91 Å². The second-order valence-electron chi connectivity index (χ2n) is 5.76. The minimum atomic E-state index is 0. The summed E-state index contributed by atoms with van der Waals surface area (Å²) in [5.41, 5.74) is 1.09. The van der Waals surface area contributed by atoms with Crippen molar-refractivity contribution < 1.29 is 14.3 Å². The molecule has 2 atom stereocenters. The van der Waals surface area contributed by atoms with Crippen LogP contribution in [0, 0.1) is 0 Å². The van der Waals surface area contributed by atoms with Crippen LogP contribution in [0.25, 0.3) is 0 Å². The second-order valence-corrected chi connectivity index (χ2v) is 5.76. The lowest BCUT2D eigenvalue weighted by Crippen LogP contribution is -2.57. The van der Waals surface area contributed by atoms with E-state index in [1.165, 1.54) is 0 Å². The van der Waals surface area contributed by atoms with Gasteiger partial charge in [0.05, 0.1) is 14.2 Å². The number of aryl methyl sites for hydroxylation is 1. The van der Waals surface area contributed by atoms with Crippen LogP contribution in [-0.4, -0.2) is 50.2 Å². The van der Waals surface area contributed by atoms with Crippen LogP contribution in [0.2, 0.25) is 0 Å². The van der Waals surface area contributed by atoms with Gasteiger partial charge in [-0.15, -0.1) is 12.4 Å². The number of hydrogen-bond acceptors (Lipinski definition) is 4. The van der Waals surface area contributed by atoms with E-state index in [9.17, 15) is 4.79 Å². The summed E-state index contributed by atoms with van der Waals surface area (Å²) in [6, 6.07) is 6.40. The Morgan fingerprint density at radius 3 is 2.61 bits per heavy atom. The molecule has 0 aromatic heterocycles. The summed E-state index contributed by atoms with van der Waals surface area (Å²) in [5.74, 6) is 1.63. The molecule has 130 valence electrons. The van der Waals surface area contributed by atoms with Gasteiger partial charge in [0.15, 0.2) is 11.5 Å². The summed E-state index contributed by atoms with van der Waals surface area (Å²) < 4.78 is 10.5. The maximum atomic E-state index is 12.4. The van der Waals surface area contributed by atoms with Gasteiger partial charge in [-0.2, -0.15) is 0 Å². The van der Waals surface area contributed by atoms with E-state index < -0.39 is 0 Å². The van der Waals surface area contributed by atoms with Crippen molar-refractivity contribution in [3.8, 4) is 11.5 Å². The van der Waals surface area contributed by atoms with E-state index in [4.69, 9.17) is 9.47 Å². The third-order valence-corrected chi connectivity index (χ3v) is 4.43. The lowest BCUT2D eigenvalue weighted by atomic mass is 10.0. The van der Waals surface area contributed by atoms with Crippen LogP contribution >= 0.6 is 12.4 Å². The van der Waals surface area contributed by atoms with E-state index in [1.54, 1.807) is 14.2 Å². The minimum Gasteiger partial charge on any atom is -0.493 e. The fourth-order valence-electron chi connectivity index (χ4n) is 2.84. The number of nitrogens with zero attached hydrogens (tertiary/aromatic N) is 1. The molecular formula is C17H27ClN2O3. The quantitative estimate of drug-likeness (QED) is 0.891. The molecule has 1 aromatic rings. The first-order chi connectivity index (χ1) is 10.6. The SMILES string of the molecule is COc1ccc(CCC(=O)N2CCNC(C)C2C)cc1OC.Cl. The Morgan fingerprint density at radius 1 is 1.26 bits per heavy atom. The predicted octanol–water partition coefficient (Wildman–Crippen LogP) is 2.27. The van der Waals surface area contributed by atoms with Crippen molar-refractivity contribution in [1.82, 2.24) is 10.2 Å². The topological polar surface area (TPSA) is 50.8 Å². The zero-order valence-electron chi connectivity index (χ0n) is 14.3. The van der Waals surface area contributed by atoms with Gasteiger partial charge in [0, 0.05) is 31.6 Å². The summed E-state index contributed by atoms with van der Waals surface area (Å²) in [6.07, 6.45) is 1.23. The lowest BCUT2D eigenvalue weighted by Gasteiger charge is -2.38. The average molecular weight is 343 g/mol. The van der Waals surface area contributed by atoms with Crippen molar-refractivity contribution in [2.24, 2.45) is 0 Å². The third kappa shape index (κ3) is 4.75. The van der Waals surface area contributed by atoms with Crippen molar-refractivity contribution in [2.75, 3.05) is 27.3 Å². The van der Waals surface area contributed by atoms with Crippen LogP contribution in [-0.2, 0) is 11.2 Å². The number of nitrogens with one attached hydrogen (secondary N) is 1. The number of piperazine rings is 1. The van der Waals surface area contributed by atoms with Crippen LogP contribution in [0.15, 0.2) is 18.2 Å². The molecule has 5 nitrogen and oxygen atoms in total. The van der Waals surface area contributed by atoms with Gasteiger partial charge < -0.3 is 19.7 Å². The van der Waals surface area contributed by atoms with Gasteiger partial charge >= 0.3 is 0 Å². The lowest BCUT2D eigenvalue weighted by molar-refractivity contribution is -0.134. The molecule has 1 aromatic carbocycles. The van der Waals surface area contributed by atoms with E-state index in [1.807, 2.05) is 23.1 Å². The van der Waals surface area contributed by atoms with E-state index in [0.717, 1.165) is 18.7 Å². The highest BCUT2D eigenvalue weighted by molar-refractivity contribution is 5.85. The van der Waals surface area contributed by atoms with E-state index >= 15 is 0 Å². The largest absolute Gasteiger partial charge is 0.493 e. The molecule has 0 radical (unpaired) electrons. The number of methoxy groups -OCH3 is 2. The number of carbonyl (C=O) groups is 1. The Hall–Kier alpha value is -1.46. The molecule has 2 rings (SSSR count).